The summed E-state index contributed by atoms with van der Waals surface area (Å²) >= 11 is 0. The molecule has 0 saturated heterocycles. The Morgan fingerprint density at radius 1 is 0.400 bits per heavy atom. The zero-order valence-electron chi connectivity index (χ0n) is 0. The molecule has 0 bridgehead atoms. The molecule has 0 aromatic rings. The molecule has 0 spiro atoms. The molecule has 0 rings (SSSR count). The molecular weight excluding hydrogens is 149 g/mol. The van der Waals surface area contributed by atoms with E-state index in [2.05, 4.69) is 0 Å². The van der Waals surface area contributed by atoms with Gasteiger partial charge in [-0.05, 0) is 0 Å². The number of hydrogen-bond acceptors (Lipinski definition) is 0. The summed E-state index contributed by atoms with van der Waals surface area (Å²) in [6.45, 7) is 0. The number of rotatable bonds is 0. The number of hydrogen-bond donors (Lipinski definition) is 0. The van der Waals surface area contributed by atoms with E-state index in [1.165, 1.54) is 0 Å². The van der Waals surface area contributed by atoms with Gasteiger partial charge in [-0.15, -0.1) is 0 Å². The van der Waals surface area contributed by atoms with Gasteiger partial charge in [0.05, 0.1) is 0 Å². The topological polar surface area (TPSA) is 0 Å². The molecule has 0 radical (unpaired) electrons. The molecule has 0 fully saturated rings. The van der Waals surface area contributed by atoms with Crippen molar-refractivity contribution < 1.29 is 0 Å². The van der Waals surface area contributed by atoms with Gasteiger partial charge in [0, 0.05) is 0 Å². The predicted molar refractivity (Wildman–Crippen MR) is 38.5 cm³/mol. The zero-order valence-corrected chi connectivity index (χ0v) is 0. The van der Waals surface area contributed by atoms with Crippen molar-refractivity contribution in [1.82, 2.24) is 0 Å². The van der Waals surface area contributed by atoms with Gasteiger partial charge >= 0.3 is 164 Å². The molecule has 5 heteroatoms. The monoisotopic (exact) mass is 156 g/mol. The van der Waals surface area contributed by atoms with Crippen molar-refractivity contribution in [2.75, 3.05) is 0 Å². The molecule has 0 aliphatic rings. The van der Waals surface area contributed by atoms with Gasteiger partial charge in [0.15, 0.2) is 0 Å². The fraction of sp³-hybridized carbons (Fsp3) is 0. The molecule has 0 aromatic heterocycles. The minimum atomic E-state index is 0. The van der Waals surface area contributed by atoms with E-state index in [9.17, 15) is 0 Å². The molecule has 0 N–H and O–H groups in total. The Morgan fingerprint density at radius 2 is 0.400 bits per heavy atom. The van der Waals surface area contributed by atoms with E-state index >= 15 is 0 Å². The maximum atomic E-state index is 0. The molecule has 0 nitrogen and oxygen atoms in total. The van der Waals surface area contributed by atoms with Crippen molar-refractivity contribution >= 4 is 164 Å². The first-order valence-electron chi connectivity index (χ1n) is 0. The Labute approximate surface area is 159 Å². The van der Waals surface area contributed by atoms with Crippen molar-refractivity contribution in [2.24, 2.45) is 0 Å². The van der Waals surface area contributed by atoms with Gasteiger partial charge in [-0.1, -0.05) is 0 Å². The molecule has 0 aliphatic heterocycles. The van der Waals surface area contributed by atoms with Crippen LogP contribution in [0.25, 0.3) is 0 Å². The standard InChI is InChI=1S/2Ca.3Na.7H. The van der Waals surface area contributed by atoms with Crippen LogP contribution in [0.4, 0.5) is 0 Å². The molecule has 0 saturated carbocycles. The fourth-order valence-corrected chi connectivity index (χ4v) is 0. The summed E-state index contributed by atoms with van der Waals surface area (Å²) in [6, 6.07) is 0. The third-order valence-corrected chi connectivity index (χ3v) is 0. The average Bonchev–Trinajstić information content (AvgIpc) is 0. The van der Waals surface area contributed by atoms with Crippen LogP contribution in [0.15, 0.2) is 0 Å². The van der Waals surface area contributed by atoms with Gasteiger partial charge in [0.25, 0.3) is 0 Å². The van der Waals surface area contributed by atoms with Crippen molar-refractivity contribution in [3.8, 4) is 0 Å². The van der Waals surface area contributed by atoms with Gasteiger partial charge < -0.3 is 0 Å². The first-order valence-corrected chi connectivity index (χ1v) is 0. The Hall–Kier alpha value is 5.52. The molecule has 0 atom stereocenters. The molecule has 0 aliphatic carbocycles. The normalized spacial score (nSPS) is 0. The molecule has 14 valence electrons. The van der Waals surface area contributed by atoms with Crippen molar-refractivity contribution in [3.63, 3.8) is 0 Å². The van der Waals surface area contributed by atoms with Crippen LogP contribution in [0.3, 0.4) is 0 Å². The summed E-state index contributed by atoms with van der Waals surface area (Å²) in [6.07, 6.45) is 0. The van der Waals surface area contributed by atoms with Crippen molar-refractivity contribution in [2.45, 2.75) is 0 Å². The molecular formula is H7Ca2Na3. The van der Waals surface area contributed by atoms with E-state index in [-0.39, 0.29) is 164 Å². The maximum absolute atomic E-state index is 0. The van der Waals surface area contributed by atoms with E-state index in [4.69, 9.17) is 0 Å². The van der Waals surface area contributed by atoms with Crippen LogP contribution >= 0.6 is 0 Å². The van der Waals surface area contributed by atoms with Crippen LogP contribution in [-0.2, 0) is 0 Å². The summed E-state index contributed by atoms with van der Waals surface area (Å²) in [5.74, 6) is 0. The van der Waals surface area contributed by atoms with Gasteiger partial charge in [-0.25, -0.2) is 0 Å². The van der Waals surface area contributed by atoms with Crippen LogP contribution in [-0.4, -0.2) is 164 Å². The van der Waals surface area contributed by atoms with E-state index in [1.807, 2.05) is 0 Å². The zero-order chi connectivity index (χ0) is 0. The predicted octanol–water partition coefficient (Wildman–Crippen LogP) is -3.78. The van der Waals surface area contributed by atoms with Crippen molar-refractivity contribution in [3.05, 3.63) is 0 Å². The molecule has 5 heavy (non-hydrogen) atoms. The molecule has 0 aromatic carbocycles. The van der Waals surface area contributed by atoms with Crippen LogP contribution in [0, 0.1) is 0 Å². The Morgan fingerprint density at radius 3 is 0.400 bits per heavy atom. The fourth-order valence-electron chi connectivity index (χ4n) is 0. The van der Waals surface area contributed by atoms with Crippen LogP contribution in [0.5, 0.6) is 0 Å². The summed E-state index contributed by atoms with van der Waals surface area (Å²) < 4.78 is 0. The van der Waals surface area contributed by atoms with E-state index in [0.29, 0.717) is 0 Å². The second kappa shape index (κ2) is 22.7. The summed E-state index contributed by atoms with van der Waals surface area (Å²) in [5, 5.41) is 0. The average molecular weight is 156 g/mol. The Balaban J connectivity index is 0. The van der Waals surface area contributed by atoms with Crippen LogP contribution in [0.1, 0.15) is 0 Å². The Bertz CT molecular complexity index is 4.85. The molecule has 0 unspecified atom stereocenters. The Kier molecular flexibility index (Phi) is 142. The van der Waals surface area contributed by atoms with E-state index in [0.717, 1.165) is 0 Å². The third kappa shape index (κ3) is 17.7. The quantitative estimate of drug-likeness (QED) is 0.316. The molecule has 0 heterocycles. The third-order valence-electron chi connectivity index (χ3n) is 0. The van der Waals surface area contributed by atoms with Crippen LogP contribution < -0.4 is 0 Å². The minimum absolute atomic E-state index is 0. The van der Waals surface area contributed by atoms with Crippen molar-refractivity contribution in [1.29, 1.82) is 0 Å². The summed E-state index contributed by atoms with van der Waals surface area (Å²) in [5.41, 5.74) is 0. The first kappa shape index (κ1) is 31.3. The van der Waals surface area contributed by atoms with Gasteiger partial charge in [-0.2, -0.15) is 0 Å². The summed E-state index contributed by atoms with van der Waals surface area (Å²) in [4.78, 5) is 0. The van der Waals surface area contributed by atoms with Gasteiger partial charge in [-0.3, -0.25) is 0 Å². The molecule has 0 amide bonds. The second-order valence-electron chi connectivity index (χ2n) is 0. The van der Waals surface area contributed by atoms with Gasteiger partial charge in [0.1, 0.15) is 0 Å². The first-order chi connectivity index (χ1) is 0. The van der Waals surface area contributed by atoms with Crippen LogP contribution in [0.2, 0.25) is 0 Å². The van der Waals surface area contributed by atoms with Gasteiger partial charge in [0.2, 0.25) is 0 Å². The van der Waals surface area contributed by atoms with E-state index in [1.54, 1.807) is 0 Å². The second-order valence-corrected chi connectivity index (χ2v) is 0. The summed E-state index contributed by atoms with van der Waals surface area (Å²) in [7, 11) is 0. The van der Waals surface area contributed by atoms with E-state index < -0.39 is 0 Å². The SMILES string of the molecule is [CaH2].[CaH2].[NaH].[NaH].[NaH].